The van der Waals surface area contributed by atoms with E-state index in [4.69, 9.17) is 4.74 Å². The number of rotatable bonds is 4. The highest BCUT2D eigenvalue weighted by Gasteiger charge is 2.13. The molecule has 21 heavy (non-hydrogen) atoms. The van der Waals surface area contributed by atoms with Crippen LogP contribution in [0.25, 0.3) is 17.2 Å². The van der Waals surface area contributed by atoms with Crippen LogP contribution in [0.5, 0.6) is 0 Å². The molecule has 0 radical (unpaired) electrons. The van der Waals surface area contributed by atoms with E-state index in [0.29, 0.717) is 5.56 Å². The molecule has 0 amide bonds. The normalized spacial score (nSPS) is 10.8. The molecule has 2 nitrogen and oxygen atoms in total. The molecule has 0 aliphatic heterocycles. The lowest BCUT2D eigenvalue weighted by Gasteiger charge is -2.09. The third-order valence-electron chi connectivity index (χ3n) is 3.00. The number of benzene rings is 2. The van der Waals surface area contributed by atoms with Crippen molar-refractivity contribution in [1.29, 1.82) is 0 Å². The molecule has 0 fully saturated rings. The predicted molar refractivity (Wildman–Crippen MR) is 86.0 cm³/mol. The Bertz CT molecular complexity index is 663. The van der Waals surface area contributed by atoms with Crippen LogP contribution in [-0.4, -0.2) is 18.4 Å². The Morgan fingerprint density at radius 1 is 1.24 bits per heavy atom. The number of methoxy groups -OCH3 is 1. The highest BCUT2D eigenvalue weighted by molar-refractivity contribution is 9.09. The van der Waals surface area contributed by atoms with E-state index in [-0.39, 0.29) is 5.82 Å². The van der Waals surface area contributed by atoms with Gasteiger partial charge in [0.25, 0.3) is 0 Å². The maximum Gasteiger partial charge on any atom is 0.338 e. The average molecular weight is 349 g/mol. The van der Waals surface area contributed by atoms with Crippen molar-refractivity contribution in [3.05, 3.63) is 65.5 Å². The molecule has 0 bridgehead atoms. The van der Waals surface area contributed by atoms with Gasteiger partial charge in [0.05, 0.1) is 12.7 Å². The number of esters is 1. The summed E-state index contributed by atoms with van der Waals surface area (Å²) in [7, 11) is 1.34. The van der Waals surface area contributed by atoms with Gasteiger partial charge in [0, 0.05) is 5.33 Å². The summed E-state index contributed by atoms with van der Waals surface area (Å²) >= 11 is 3.32. The Kier molecular flexibility index (Phi) is 5.28. The third kappa shape index (κ3) is 3.79. The molecule has 0 saturated carbocycles. The summed E-state index contributed by atoms with van der Waals surface area (Å²) in [6.07, 6.45) is 3.91. The molecule has 2 aromatic rings. The summed E-state index contributed by atoms with van der Waals surface area (Å²) in [6.45, 7) is 0. The molecule has 108 valence electrons. The average Bonchev–Trinajstić information content (AvgIpc) is 2.52. The summed E-state index contributed by atoms with van der Waals surface area (Å²) in [5.74, 6) is -0.723. The molecule has 0 saturated heterocycles. The first-order valence-corrected chi connectivity index (χ1v) is 7.48. The van der Waals surface area contributed by atoms with Gasteiger partial charge < -0.3 is 4.74 Å². The van der Waals surface area contributed by atoms with Gasteiger partial charge in [-0.1, -0.05) is 46.3 Å². The van der Waals surface area contributed by atoms with Crippen LogP contribution >= 0.6 is 15.9 Å². The van der Waals surface area contributed by atoms with Crippen LogP contribution < -0.4 is 0 Å². The second kappa shape index (κ2) is 7.18. The number of alkyl halides is 1. The Morgan fingerprint density at radius 3 is 2.57 bits per heavy atom. The fourth-order valence-electron chi connectivity index (χ4n) is 2.00. The van der Waals surface area contributed by atoms with Gasteiger partial charge in [-0.2, -0.15) is 0 Å². The molecule has 2 aromatic carbocycles. The van der Waals surface area contributed by atoms with Gasteiger partial charge in [-0.05, 0) is 41.0 Å². The van der Waals surface area contributed by atoms with Crippen molar-refractivity contribution in [2.45, 2.75) is 0 Å². The SMILES string of the molecule is COC(=O)c1ccc(C=CCBr)cc1-c1ccc(F)cc1. The van der Waals surface area contributed by atoms with E-state index in [1.807, 2.05) is 24.3 Å². The van der Waals surface area contributed by atoms with Crippen molar-refractivity contribution in [2.24, 2.45) is 0 Å². The van der Waals surface area contributed by atoms with Gasteiger partial charge in [0.2, 0.25) is 0 Å². The molecule has 0 aliphatic carbocycles. The van der Waals surface area contributed by atoms with E-state index in [1.165, 1.54) is 19.2 Å². The number of ether oxygens (including phenoxy) is 1. The zero-order valence-corrected chi connectivity index (χ0v) is 13.1. The van der Waals surface area contributed by atoms with Crippen molar-refractivity contribution in [3.8, 4) is 11.1 Å². The number of hydrogen-bond acceptors (Lipinski definition) is 2. The number of hydrogen-bond donors (Lipinski definition) is 0. The maximum absolute atomic E-state index is 13.1. The number of halogens is 2. The lowest BCUT2D eigenvalue weighted by atomic mass is 9.97. The minimum absolute atomic E-state index is 0.311. The van der Waals surface area contributed by atoms with E-state index in [9.17, 15) is 9.18 Å². The minimum atomic E-state index is -0.412. The number of carbonyl (C=O) groups excluding carboxylic acids is 1. The number of carbonyl (C=O) groups is 1. The molecule has 0 aliphatic rings. The van der Waals surface area contributed by atoms with Crippen LogP contribution in [0.3, 0.4) is 0 Å². The molecule has 0 spiro atoms. The largest absolute Gasteiger partial charge is 0.465 e. The zero-order valence-electron chi connectivity index (χ0n) is 11.5. The Hall–Kier alpha value is -1.94. The second-order valence-corrected chi connectivity index (χ2v) is 5.01. The standard InChI is InChI=1S/C17H14BrFO2/c1-21-17(20)15-9-4-12(3-2-10-18)11-16(15)13-5-7-14(19)8-6-13/h2-9,11H,10H2,1H3. The molecule has 0 atom stereocenters. The van der Waals surface area contributed by atoms with Crippen molar-refractivity contribution >= 4 is 28.0 Å². The smallest absolute Gasteiger partial charge is 0.338 e. The summed E-state index contributed by atoms with van der Waals surface area (Å²) in [6, 6.07) is 11.5. The quantitative estimate of drug-likeness (QED) is 0.591. The van der Waals surface area contributed by atoms with E-state index >= 15 is 0 Å². The summed E-state index contributed by atoms with van der Waals surface area (Å²) in [5.41, 5.74) is 2.91. The predicted octanol–water partition coefficient (Wildman–Crippen LogP) is 4.69. The fraction of sp³-hybridized carbons (Fsp3) is 0.118. The molecule has 0 aromatic heterocycles. The van der Waals surface area contributed by atoms with Crippen LogP contribution in [0.15, 0.2) is 48.5 Å². The van der Waals surface area contributed by atoms with Gasteiger partial charge in [0.15, 0.2) is 0 Å². The van der Waals surface area contributed by atoms with Gasteiger partial charge in [-0.25, -0.2) is 9.18 Å². The minimum Gasteiger partial charge on any atom is -0.465 e. The third-order valence-corrected chi connectivity index (χ3v) is 3.38. The van der Waals surface area contributed by atoms with Crippen LogP contribution in [0.2, 0.25) is 0 Å². The first kappa shape index (κ1) is 15.4. The summed E-state index contributed by atoms with van der Waals surface area (Å²) < 4.78 is 17.9. The van der Waals surface area contributed by atoms with Crippen LogP contribution in [0.4, 0.5) is 4.39 Å². The lowest BCUT2D eigenvalue weighted by Crippen LogP contribution is -2.03. The second-order valence-electron chi connectivity index (χ2n) is 4.36. The van der Waals surface area contributed by atoms with E-state index < -0.39 is 5.97 Å². The van der Waals surface area contributed by atoms with Crippen LogP contribution in [-0.2, 0) is 4.74 Å². The Balaban J connectivity index is 2.54. The van der Waals surface area contributed by atoms with E-state index in [0.717, 1.165) is 22.0 Å². The zero-order chi connectivity index (χ0) is 15.2. The highest BCUT2D eigenvalue weighted by atomic mass is 79.9. The molecule has 2 rings (SSSR count). The molecule has 0 unspecified atom stereocenters. The summed E-state index contributed by atoms with van der Waals surface area (Å²) in [5, 5.41) is 0.748. The molecule has 0 heterocycles. The van der Waals surface area contributed by atoms with Crippen LogP contribution in [0, 0.1) is 5.82 Å². The first-order valence-electron chi connectivity index (χ1n) is 6.36. The monoisotopic (exact) mass is 348 g/mol. The van der Waals surface area contributed by atoms with E-state index in [2.05, 4.69) is 15.9 Å². The Labute approximate surface area is 131 Å². The first-order chi connectivity index (χ1) is 10.2. The topological polar surface area (TPSA) is 26.3 Å². The highest BCUT2D eigenvalue weighted by Crippen LogP contribution is 2.26. The van der Waals surface area contributed by atoms with Gasteiger partial charge in [-0.15, -0.1) is 0 Å². The van der Waals surface area contributed by atoms with Crippen LogP contribution in [0.1, 0.15) is 15.9 Å². The van der Waals surface area contributed by atoms with Crippen molar-refractivity contribution in [2.75, 3.05) is 12.4 Å². The molecular weight excluding hydrogens is 335 g/mol. The molecule has 0 N–H and O–H groups in total. The molecule has 4 heteroatoms. The van der Waals surface area contributed by atoms with E-state index in [1.54, 1.807) is 18.2 Å². The van der Waals surface area contributed by atoms with Crippen molar-refractivity contribution in [3.63, 3.8) is 0 Å². The van der Waals surface area contributed by atoms with Crippen molar-refractivity contribution < 1.29 is 13.9 Å². The van der Waals surface area contributed by atoms with Crippen molar-refractivity contribution in [1.82, 2.24) is 0 Å². The summed E-state index contributed by atoms with van der Waals surface area (Å²) in [4.78, 5) is 11.9. The number of allylic oxidation sites excluding steroid dienone is 1. The lowest BCUT2D eigenvalue weighted by molar-refractivity contribution is 0.0601. The maximum atomic E-state index is 13.1. The van der Waals surface area contributed by atoms with Gasteiger partial charge in [0.1, 0.15) is 5.82 Å². The Morgan fingerprint density at radius 2 is 1.95 bits per heavy atom. The van der Waals surface area contributed by atoms with Gasteiger partial charge >= 0.3 is 5.97 Å². The fourth-order valence-corrected chi connectivity index (χ4v) is 2.19. The van der Waals surface area contributed by atoms with Gasteiger partial charge in [-0.3, -0.25) is 0 Å². The molecular formula is C17H14BrFO2.